The molecule has 1 heterocycles. The van der Waals surface area contributed by atoms with Crippen molar-refractivity contribution >= 4 is 29.0 Å². The molecule has 0 unspecified atom stereocenters. The van der Waals surface area contributed by atoms with Crippen LogP contribution in [0.4, 0.5) is 0 Å². The minimum absolute atomic E-state index is 0.0730. The van der Waals surface area contributed by atoms with Crippen LogP contribution in [0.3, 0.4) is 0 Å². The van der Waals surface area contributed by atoms with Crippen LogP contribution >= 0.6 is 23.1 Å². The average molecular weight is 292 g/mol. The summed E-state index contributed by atoms with van der Waals surface area (Å²) < 4.78 is 0. The van der Waals surface area contributed by atoms with Crippen molar-refractivity contribution in [3.05, 3.63) is 46.4 Å². The molecule has 0 N–H and O–H groups in total. The van der Waals surface area contributed by atoms with Gasteiger partial charge in [0.25, 0.3) is 5.91 Å². The highest BCUT2D eigenvalue weighted by Gasteiger charge is 2.14. The zero-order chi connectivity index (χ0) is 13.7. The largest absolute Gasteiger partial charge is 0.342 e. The fraction of sp³-hybridized carbons (Fsp3) is 0.286. The quantitative estimate of drug-likeness (QED) is 0.790. The molecule has 1 aromatic carbocycles. The fourth-order valence-electron chi connectivity index (χ4n) is 1.58. The van der Waals surface area contributed by atoms with E-state index >= 15 is 0 Å². The van der Waals surface area contributed by atoms with Crippen LogP contribution < -0.4 is 0 Å². The number of amides is 1. The highest BCUT2D eigenvalue weighted by atomic mass is 32.2. The van der Waals surface area contributed by atoms with Crippen LogP contribution in [0.1, 0.15) is 23.0 Å². The minimum atomic E-state index is 0.0730. The lowest BCUT2D eigenvalue weighted by atomic mass is 10.2. The topological polar surface area (TPSA) is 33.2 Å². The molecule has 0 fully saturated rings. The first kappa shape index (κ1) is 14.1. The van der Waals surface area contributed by atoms with E-state index in [0.29, 0.717) is 6.54 Å². The molecular weight excluding hydrogens is 276 g/mol. The Hall–Kier alpha value is -1.33. The predicted octanol–water partition coefficient (Wildman–Crippen LogP) is 3.53. The zero-order valence-electron chi connectivity index (χ0n) is 11.0. The van der Waals surface area contributed by atoms with Gasteiger partial charge in [-0.15, -0.1) is 23.1 Å². The third-order valence-electron chi connectivity index (χ3n) is 2.80. The van der Waals surface area contributed by atoms with E-state index in [9.17, 15) is 4.79 Å². The van der Waals surface area contributed by atoms with Gasteiger partial charge in [-0.25, -0.2) is 4.98 Å². The molecule has 2 rings (SSSR count). The van der Waals surface area contributed by atoms with Crippen LogP contribution in [0.25, 0.3) is 0 Å². The highest BCUT2D eigenvalue weighted by Crippen LogP contribution is 2.26. The molecule has 100 valence electrons. The first-order valence-corrected chi connectivity index (χ1v) is 7.99. The molecule has 0 radical (unpaired) electrons. The van der Waals surface area contributed by atoms with E-state index in [1.165, 1.54) is 0 Å². The summed E-state index contributed by atoms with van der Waals surface area (Å²) in [4.78, 5) is 19.3. The van der Waals surface area contributed by atoms with Gasteiger partial charge in [0.15, 0.2) is 0 Å². The Balaban J connectivity index is 2.14. The van der Waals surface area contributed by atoms with Gasteiger partial charge in [0.1, 0.15) is 0 Å². The summed E-state index contributed by atoms with van der Waals surface area (Å²) >= 11 is 3.25. The van der Waals surface area contributed by atoms with E-state index in [1.807, 2.05) is 49.1 Å². The van der Waals surface area contributed by atoms with Gasteiger partial charge in [-0.05, 0) is 19.1 Å². The monoisotopic (exact) mass is 292 g/mol. The van der Waals surface area contributed by atoms with Crippen molar-refractivity contribution in [1.82, 2.24) is 9.88 Å². The summed E-state index contributed by atoms with van der Waals surface area (Å²) in [6.45, 7) is 2.69. The van der Waals surface area contributed by atoms with Crippen LogP contribution in [-0.4, -0.2) is 29.4 Å². The Morgan fingerprint density at radius 2 is 2.21 bits per heavy atom. The van der Waals surface area contributed by atoms with Gasteiger partial charge in [-0.3, -0.25) is 4.79 Å². The number of hydrogen-bond acceptors (Lipinski definition) is 4. The molecule has 19 heavy (non-hydrogen) atoms. The molecule has 0 aliphatic heterocycles. The van der Waals surface area contributed by atoms with Crippen molar-refractivity contribution in [2.75, 3.05) is 13.6 Å². The second kappa shape index (κ2) is 6.73. The molecule has 0 aliphatic rings. The third kappa shape index (κ3) is 3.58. The van der Waals surface area contributed by atoms with Crippen LogP contribution in [0.2, 0.25) is 0 Å². The summed E-state index contributed by atoms with van der Waals surface area (Å²) in [7, 11) is 1.82. The van der Waals surface area contributed by atoms with E-state index in [2.05, 4.69) is 4.98 Å². The number of carbonyl (C=O) groups excluding carboxylic acids is 1. The summed E-state index contributed by atoms with van der Waals surface area (Å²) in [5.41, 5.74) is 3.66. The number of nitrogens with zero attached hydrogens (tertiary/aromatic N) is 2. The zero-order valence-corrected chi connectivity index (χ0v) is 12.6. The number of hydrogen-bond donors (Lipinski definition) is 0. The molecule has 0 saturated heterocycles. The maximum Gasteiger partial charge on any atom is 0.254 e. The molecule has 0 bridgehead atoms. The normalized spacial score (nSPS) is 10.4. The van der Waals surface area contributed by atoms with Crippen LogP contribution in [0.5, 0.6) is 0 Å². The summed E-state index contributed by atoms with van der Waals surface area (Å²) in [5.74, 6) is 0.868. The molecule has 2 aromatic rings. The molecule has 0 atom stereocenters. The third-order valence-corrected chi connectivity index (χ3v) is 4.54. The van der Waals surface area contributed by atoms with E-state index < -0.39 is 0 Å². The molecule has 3 nitrogen and oxygen atoms in total. The van der Waals surface area contributed by atoms with Crippen molar-refractivity contribution in [1.29, 1.82) is 0 Å². The van der Waals surface area contributed by atoms with Crippen molar-refractivity contribution < 1.29 is 4.79 Å². The number of carbonyl (C=O) groups is 1. The smallest absolute Gasteiger partial charge is 0.254 e. The lowest BCUT2D eigenvalue weighted by Crippen LogP contribution is -2.26. The first-order valence-electron chi connectivity index (χ1n) is 6.06. The Bertz CT molecular complexity index is 540. The number of thiazole rings is 1. The SMILES string of the molecule is CCN(C)C(=O)c1ccccc1SCc1cscn1. The second-order valence-corrected chi connectivity index (χ2v) is 5.82. The first-order chi connectivity index (χ1) is 9.22. The standard InChI is InChI=1S/C14H16N2OS2/c1-3-16(2)14(17)12-6-4-5-7-13(12)19-9-11-8-18-10-15-11/h4-8,10H,3,9H2,1-2H3. The predicted molar refractivity (Wildman–Crippen MR) is 80.8 cm³/mol. The van der Waals surface area contributed by atoms with Crippen LogP contribution in [-0.2, 0) is 5.75 Å². The molecule has 0 saturated carbocycles. The lowest BCUT2D eigenvalue weighted by Gasteiger charge is -2.16. The van der Waals surface area contributed by atoms with Gasteiger partial charge in [-0.1, -0.05) is 12.1 Å². The Kier molecular flexibility index (Phi) is 4.99. The van der Waals surface area contributed by atoms with Crippen LogP contribution in [0, 0.1) is 0 Å². The summed E-state index contributed by atoms with van der Waals surface area (Å²) in [5, 5.41) is 2.04. The Morgan fingerprint density at radius 3 is 2.89 bits per heavy atom. The molecule has 0 aliphatic carbocycles. The molecule has 0 spiro atoms. The Labute approximate surface area is 121 Å². The van der Waals surface area contributed by atoms with Gasteiger partial charge >= 0.3 is 0 Å². The fourth-order valence-corrected chi connectivity index (χ4v) is 3.19. The Morgan fingerprint density at radius 1 is 1.42 bits per heavy atom. The van der Waals surface area contributed by atoms with E-state index in [0.717, 1.165) is 21.9 Å². The van der Waals surface area contributed by atoms with Crippen molar-refractivity contribution in [2.24, 2.45) is 0 Å². The maximum absolute atomic E-state index is 12.3. The van der Waals surface area contributed by atoms with Gasteiger partial charge in [-0.2, -0.15) is 0 Å². The highest BCUT2D eigenvalue weighted by molar-refractivity contribution is 7.98. The molecule has 1 aromatic heterocycles. The number of benzene rings is 1. The number of aromatic nitrogens is 1. The minimum Gasteiger partial charge on any atom is -0.342 e. The van der Waals surface area contributed by atoms with E-state index in [1.54, 1.807) is 28.0 Å². The van der Waals surface area contributed by atoms with E-state index in [-0.39, 0.29) is 5.91 Å². The van der Waals surface area contributed by atoms with Crippen molar-refractivity contribution in [2.45, 2.75) is 17.6 Å². The van der Waals surface area contributed by atoms with Gasteiger partial charge in [0, 0.05) is 29.6 Å². The number of rotatable bonds is 5. The number of thioether (sulfide) groups is 1. The second-order valence-electron chi connectivity index (χ2n) is 4.08. The lowest BCUT2D eigenvalue weighted by molar-refractivity contribution is 0.0799. The van der Waals surface area contributed by atoms with Gasteiger partial charge < -0.3 is 4.90 Å². The van der Waals surface area contributed by atoms with Gasteiger partial charge in [0.2, 0.25) is 0 Å². The van der Waals surface area contributed by atoms with Crippen molar-refractivity contribution in [3.8, 4) is 0 Å². The molecule has 5 heteroatoms. The van der Waals surface area contributed by atoms with E-state index in [4.69, 9.17) is 0 Å². The van der Waals surface area contributed by atoms with Crippen molar-refractivity contribution in [3.63, 3.8) is 0 Å². The summed E-state index contributed by atoms with van der Waals surface area (Å²) in [6, 6.07) is 7.75. The summed E-state index contributed by atoms with van der Waals surface area (Å²) in [6.07, 6.45) is 0. The average Bonchev–Trinajstić information content (AvgIpc) is 2.97. The molecule has 1 amide bonds. The van der Waals surface area contributed by atoms with Crippen LogP contribution in [0.15, 0.2) is 40.1 Å². The molecular formula is C14H16N2OS2. The van der Waals surface area contributed by atoms with Gasteiger partial charge in [0.05, 0.1) is 16.8 Å². The maximum atomic E-state index is 12.3.